The van der Waals surface area contributed by atoms with Gasteiger partial charge in [-0.15, -0.1) is 11.3 Å². The Morgan fingerprint density at radius 3 is 2.57 bits per heavy atom. The van der Waals surface area contributed by atoms with Gasteiger partial charge in [-0.3, -0.25) is 0 Å². The van der Waals surface area contributed by atoms with E-state index in [0.29, 0.717) is 0 Å². The molecule has 2 N–H and O–H groups in total. The SMILES string of the molecule is COC1(c2nc3c(s2)C(N)CC(C)(C)C3)CCC(C)CC1. The van der Waals surface area contributed by atoms with E-state index in [4.69, 9.17) is 15.5 Å². The number of fused-ring (bicyclic) bond motifs is 1. The molecule has 4 heteroatoms. The van der Waals surface area contributed by atoms with Crippen LogP contribution in [0, 0.1) is 11.3 Å². The highest BCUT2D eigenvalue weighted by molar-refractivity contribution is 7.12. The van der Waals surface area contributed by atoms with E-state index in [1.54, 1.807) is 0 Å². The first kappa shape index (κ1) is 15.4. The molecule has 1 fully saturated rings. The number of rotatable bonds is 2. The van der Waals surface area contributed by atoms with Gasteiger partial charge in [-0.1, -0.05) is 20.8 Å². The van der Waals surface area contributed by atoms with E-state index in [9.17, 15) is 0 Å². The van der Waals surface area contributed by atoms with Crippen molar-refractivity contribution in [2.24, 2.45) is 17.1 Å². The molecule has 0 spiro atoms. The molecule has 0 bridgehead atoms. The minimum Gasteiger partial charge on any atom is -0.371 e. The summed E-state index contributed by atoms with van der Waals surface area (Å²) >= 11 is 1.81. The summed E-state index contributed by atoms with van der Waals surface area (Å²) in [5.74, 6) is 0.809. The lowest BCUT2D eigenvalue weighted by molar-refractivity contribution is -0.0532. The summed E-state index contributed by atoms with van der Waals surface area (Å²) in [6.45, 7) is 6.93. The van der Waals surface area contributed by atoms with Gasteiger partial charge in [0.2, 0.25) is 0 Å². The minimum absolute atomic E-state index is 0.145. The standard InChI is InChI=1S/C17H28N2OS/c1-11-5-7-17(20-4,8-6-11)15-19-13-10-16(2,3)9-12(18)14(13)21-15/h11-12H,5-10,18H2,1-4H3. The maximum Gasteiger partial charge on any atom is 0.125 e. The molecule has 21 heavy (non-hydrogen) atoms. The Kier molecular flexibility index (Phi) is 3.92. The van der Waals surface area contributed by atoms with Gasteiger partial charge in [0.15, 0.2) is 0 Å². The summed E-state index contributed by atoms with van der Waals surface area (Å²) in [5.41, 5.74) is 7.74. The van der Waals surface area contributed by atoms with Crippen LogP contribution < -0.4 is 5.73 Å². The van der Waals surface area contributed by atoms with E-state index in [1.165, 1.54) is 28.4 Å². The van der Waals surface area contributed by atoms with Crippen molar-refractivity contribution in [1.29, 1.82) is 0 Å². The summed E-state index contributed by atoms with van der Waals surface area (Å²) in [6, 6.07) is 0.145. The summed E-state index contributed by atoms with van der Waals surface area (Å²) in [4.78, 5) is 6.31. The molecule has 1 heterocycles. The van der Waals surface area contributed by atoms with Gasteiger partial charge in [0, 0.05) is 18.0 Å². The Balaban J connectivity index is 1.93. The molecule has 1 aromatic rings. The maximum absolute atomic E-state index is 6.40. The molecule has 1 unspecified atom stereocenters. The number of ether oxygens (including phenoxy) is 1. The van der Waals surface area contributed by atoms with Crippen LogP contribution in [0.3, 0.4) is 0 Å². The highest BCUT2D eigenvalue weighted by Crippen LogP contribution is 2.48. The molecule has 2 aliphatic rings. The fourth-order valence-electron chi connectivity index (χ4n) is 3.92. The van der Waals surface area contributed by atoms with Gasteiger partial charge in [0.1, 0.15) is 10.6 Å². The third-order valence-electron chi connectivity index (χ3n) is 5.35. The first-order valence-electron chi connectivity index (χ1n) is 8.16. The molecule has 2 aliphatic carbocycles. The smallest absolute Gasteiger partial charge is 0.125 e. The van der Waals surface area contributed by atoms with E-state index in [1.807, 2.05) is 18.4 Å². The predicted octanol–water partition coefficient (Wildman–Crippen LogP) is 4.17. The Hall–Kier alpha value is -0.450. The zero-order valence-corrected chi connectivity index (χ0v) is 14.6. The van der Waals surface area contributed by atoms with Crippen LogP contribution >= 0.6 is 11.3 Å². The van der Waals surface area contributed by atoms with Crippen molar-refractivity contribution < 1.29 is 4.74 Å². The predicted molar refractivity (Wildman–Crippen MR) is 87.5 cm³/mol. The Labute approximate surface area is 132 Å². The van der Waals surface area contributed by atoms with Gasteiger partial charge in [0.05, 0.1) is 5.69 Å². The van der Waals surface area contributed by atoms with E-state index in [-0.39, 0.29) is 17.1 Å². The Bertz CT molecular complexity index is 515. The first-order chi connectivity index (χ1) is 9.85. The van der Waals surface area contributed by atoms with Gasteiger partial charge in [-0.05, 0) is 49.9 Å². The van der Waals surface area contributed by atoms with E-state index < -0.39 is 0 Å². The lowest BCUT2D eigenvalue weighted by Crippen LogP contribution is -2.33. The third-order valence-corrected chi connectivity index (χ3v) is 6.76. The molecule has 0 saturated heterocycles. The number of hydrogen-bond acceptors (Lipinski definition) is 4. The van der Waals surface area contributed by atoms with Crippen LogP contribution in [0.1, 0.15) is 74.5 Å². The number of methoxy groups -OCH3 is 1. The van der Waals surface area contributed by atoms with Crippen molar-refractivity contribution >= 4 is 11.3 Å². The Morgan fingerprint density at radius 1 is 1.29 bits per heavy atom. The lowest BCUT2D eigenvalue weighted by atomic mass is 9.76. The quantitative estimate of drug-likeness (QED) is 0.892. The molecule has 1 saturated carbocycles. The van der Waals surface area contributed by atoms with E-state index in [2.05, 4.69) is 20.8 Å². The molecular weight excluding hydrogens is 280 g/mol. The highest BCUT2D eigenvalue weighted by atomic mass is 32.1. The molecule has 1 aromatic heterocycles. The fourth-order valence-corrected chi connectivity index (χ4v) is 5.23. The first-order valence-corrected chi connectivity index (χ1v) is 8.98. The molecule has 3 rings (SSSR count). The number of aromatic nitrogens is 1. The van der Waals surface area contributed by atoms with Crippen molar-refractivity contribution in [1.82, 2.24) is 4.98 Å². The molecule has 3 nitrogen and oxygen atoms in total. The van der Waals surface area contributed by atoms with Gasteiger partial charge in [-0.25, -0.2) is 4.98 Å². The number of nitrogens with zero attached hydrogens (tertiary/aromatic N) is 1. The largest absolute Gasteiger partial charge is 0.371 e. The van der Waals surface area contributed by atoms with Crippen molar-refractivity contribution in [2.45, 2.75) is 70.9 Å². The monoisotopic (exact) mass is 308 g/mol. The van der Waals surface area contributed by atoms with Crippen LogP contribution in [0.5, 0.6) is 0 Å². The van der Waals surface area contributed by atoms with E-state index >= 15 is 0 Å². The number of thiazole rings is 1. The van der Waals surface area contributed by atoms with Crippen LogP contribution in [0.25, 0.3) is 0 Å². The van der Waals surface area contributed by atoms with Crippen LogP contribution in [-0.4, -0.2) is 12.1 Å². The van der Waals surface area contributed by atoms with Gasteiger partial charge < -0.3 is 10.5 Å². The maximum atomic E-state index is 6.40. The fraction of sp³-hybridized carbons (Fsp3) is 0.824. The van der Waals surface area contributed by atoms with Crippen molar-refractivity contribution in [2.75, 3.05) is 7.11 Å². The molecular formula is C17H28N2OS. The lowest BCUT2D eigenvalue weighted by Gasteiger charge is -2.36. The average Bonchev–Trinajstić information content (AvgIpc) is 2.83. The van der Waals surface area contributed by atoms with Crippen LogP contribution in [0.2, 0.25) is 0 Å². The van der Waals surface area contributed by atoms with Crippen LogP contribution in [0.15, 0.2) is 0 Å². The minimum atomic E-state index is -0.154. The Morgan fingerprint density at radius 2 is 1.95 bits per heavy atom. The zero-order chi connectivity index (χ0) is 15.3. The van der Waals surface area contributed by atoms with Gasteiger partial charge in [-0.2, -0.15) is 0 Å². The number of hydrogen-bond donors (Lipinski definition) is 1. The third kappa shape index (κ3) is 2.78. The second-order valence-corrected chi connectivity index (χ2v) is 8.89. The summed E-state index contributed by atoms with van der Waals surface area (Å²) < 4.78 is 5.99. The van der Waals surface area contributed by atoms with Gasteiger partial charge >= 0.3 is 0 Å². The number of nitrogens with two attached hydrogens (primary N) is 1. The summed E-state index contributed by atoms with van der Waals surface area (Å²) in [5, 5.41) is 1.18. The zero-order valence-electron chi connectivity index (χ0n) is 13.7. The average molecular weight is 308 g/mol. The molecule has 0 amide bonds. The molecule has 0 radical (unpaired) electrons. The molecule has 0 aromatic carbocycles. The topological polar surface area (TPSA) is 48.1 Å². The highest BCUT2D eigenvalue weighted by Gasteiger charge is 2.41. The molecule has 118 valence electrons. The van der Waals surface area contributed by atoms with Crippen molar-refractivity contribution in [3.05, 3.63) is 15.6 Å². The second kappa shape index (κ2) is 5.32. The summed E-state index contributed by atoms with van der Waals surface area (Å²) in [6.07, 6.45) is 6.75. The van der Waals surface area contributed by atoms with Crippen molar-refractivity contribution in [3.8, 4) is 0 Å². The van der Waals surface area contributed by atoms with Crippen molar-refractivity contribution in [3.63, 3.8) is 0 Å². The normalized spacial score (nSPS) is 35.5. The van der Waals surface area contributed by atoms with Crippen LogP contribution in [-0.2, 0) is 16.8 Å². The summed E-state index contributed by atoms with van der Waals surface area (Å²) in [7, 11) is 1.85. The van der Waals surface area contributed by atoms with E-state index in [0.717, 1.165) is 31.6 Å². The molecule has 1 atom stereocenters. The second-order valence-electron chi connectivity index (χ2n) is 7.86. The van der Waals surface area contributed by atoms with Crippen LogP contribution in [0.4, 0.5) is 0 Å². The molecule has 0 aliphatic heterocycles. The van der Waals surface area contributed by atoms with Gasteiger partial charge in [0.25, 0.3) is 0 Å².